The highest BCUT2D eigenvalue weighted by molar-refractivity contribution is 5.75. The maximum atomic E-state index is 15.7. The molecule has 5 atom stereocenters. The largest absolute Gasteiger partial charge is 0.471 e. The Labute approximate surface area is 234 Å². The lowest BCUT2D eigenvalue weighted by Crippen LogP contribution is -2.56. The van der Waals surface area contributed by atoms with E-state index >= 15 is 4.39 Å². The van der Waals surface area contributed by atoms with Gasteiger partial charge in [0.15, 0.2) is 17.8 Å². The van der Waals surface area contributed by atoms with Gasteiger partial charge in [0.25, 0.3) is 0 Å². The van der Waals surface area contributed by atoms with Gasteiger partial charge in [0.2, 0.25) is 0 Å². The molecule has 5 heterocycles. The molecule has 0 amide bonds. The molecule has 2 aromatic carbocycles. The highest BCUT2D eigenvalue weighted by Gasteiger charge is 2.48. The summed E-state index contributed by atoms with van der Waals surface area (Å²) in [5.74, 6) is -0.106. The van der Waals surface area contributed by atoms with Crippen LogP contribution >= 0.6 is 0 Å². The average molecular weight is 542 g/mol. The Bertz CT molecular complexity index is 1480. The van der Waals surface area contributed by atoms with E-state index in [1.54, 1.807) is 12.1 Å². The predicted octanol–water partition coefficient (Wildman–Crippen LogP) is 4.08. The van der Waals surface area contributed by atoms with Crippen LogP contribution in [0.4, 0.5) is 21.5 Å². The summed E-state index contributed by atoms with van der Waals surface area (Å²) in [6, 6.07) is 13.6. The number of nitrogens with one attached hydrogen (secondary N) is 4. The van der Waals surface area contributed by atoms with E-state index < -0.39 is 0 Å². The Morgan fingerprint density at radius 1 is 1.10 bits per heavy atom. The van der Waals surface area contributed by atoms with E-state index in [4.69, 9.17) is 10.5 Å². The summed E-state index contributed by atoms with van der Waals surface area (Å²) >= 11 is 0. The third kappa shape index (κ3) is 4.34. The van der Waals surface area contributed by atoms with E-state index in [0.29, 0.717) is 6.54 Å². The zero-order valence-electron chi connectivity index (χ0n) is 22.8. The van der Waals surface area contributed by atoms with Crippen LogP contribution in [0, 0.1) is 5.82 Å². The van der Waals surface area contributed by atoms with E-state index in [1.165, 1.54) is 11.3 Å². The Morgan fingerprint density at radius 2 is 2.00 bits per heavy atom. The van der Waals surface area contributed by atoms with Crippen molar-refractivity contribution in [2.24, 2.45) is 0 Å². The number of halogens is 1. The van der Waals surface area contributed by atoms with Crippen molar-refractivity contribution in [2.45, 2.75) is 50.8 Å². The molecule has 0 aliphatic carbocycles. The number of H-pyrrole nitrogens is 1. The van der Waals surface area contributed by atoms with Crippen LogP contribution in [0.5, 0.6) is 5.75 Å². The first-order valence-corrected chi connectivity index (χ1v) is 14.1. The second kappa shape index (κ2) is 9.99. The first-order valence-electron chi connectivity index (χ1n) is 14.1. The highest BCUT2D eigenvalue weighted by atomic mass is 19.1. The lowest BCUT2D eigenvalue weighted by Gasteiger charge is -2.33. The Morgan fingerprint density at radius 3 is 2.80 bits per heavy atom. The van der Waals surface area contributed by atoms with E-state index in [-0.39, 0.29) is 42.1 Å². The number of nitrogens with zero attached hydrogens (tertiary/aromatic N) is 2. The molecular weight excluding hydrogens is 505 g/mol. The normalized spacial score (nSPS) is 27.5. The first kappa shape index (κ1) is 25.2. The summed E-state index contributed by atoms with van der Waals surface area (Å²) in [6.07, 6.45) is 9.04. The minimum atomic E-state index is -0.361. The van der Waals surface area contributed by atoms with Gasteiger partial charge < -0.3 is 30.6 Å². The Kier molecular flexibility index (Phi) is 6.30. The topological polar surface area (TPSA) is 93.6 Å². The van der Waals surface area contributed by atoms with Gasteiger partial charge in [-0.1, -0.05) is 29.8 Å². The predicted molar refractivity (Wildman–Crippen MR) is 157 cm³/mol. The molecule has 4 aliphatic heterocycles. The van der Waals surface area contributed by atoms with Gasteiger partial charge in [-0.3, -0.25) is 10.6 Å². The molecule has 5 unspecified atom stereocenters. The first-order chi connectivity index (χ1) is 19.5. The molecule has 3 aromatic rings. The molecule has 8 nitrogen and oxygen atoms in total. The van der Waals surface area contributed by atoms with Crippen molar-refractivity contribution in [3.05, 3.63) is 95.2 Å². The van der Waals surface area contributed by atoms with Crippen molar-refractivity contribution < 1.29 is 9.13 Å². The average Bonchev–Trinajstić information content (AvgIpc) is 3.62. The van der Waals surface area contributed by atoms with Crippen molar-refractivity contribution in [1.82, 2.24) is 20.9 Å². The molecule has 7 rings (SSSR count). The van der Waals surface area contributed by atoms with Crippen LogP contribution in [0.2, 0.25) is 0 Å². The molecule has 0 spiro atoms. The number of hydrogen-bond acceptors (Lipinski definition) is 7. The van der Waals surface area contributed by atoms with Gasteiger partial charge in [-0.05, 0) is 55.3 Å². The van der Waals surface area contributed by atoms with Gasteiger partial charge in [0.05, 0.1) is 35.3 Å². The molecule has 0 radical (unpaired) electrons. The number of rotatable bonds is 5. The van der Waals surface area contributed by atoms with Gasteiger partial charge in [0.1, 0.15) is 0 Å². The van der Waals surface area contributed by atoms with Crippen molar-refractivity contribution in [3.8, 4) is 5.75 Å². The number of ether oxygens (including phenoxy) is 1. The highest BCUT2D eigenvalue weighted by Crippen LogP contribution is 2.51. The standard InChI is InChI=1S/C31H36FN7O/c1-18-9-12-38(13-10-18)31-21(4-3-5-23(31)33)29-30(39-25-8-11-35-24(25)15-27(39)37-29)20-6-7-26(22(32)14-20)40-28-17-34-16-19(2)36-28/h3-12,14,19,27-30,34-37H,13,15-17,33H2,1-2H3. The number of fused-ring (bicyclic) bond motifs is 3. The smallest absolute Gasteiger partial charge is 0.165 e. The SMILES string of the molecule is CC1=CCN(c2c(N)cccc2C2NC3Cc4[nH]ccc4N3C2c2ccc(OC3CNCC(C)N3)c(F)c2)C=C1. The monoisotopic (exact) mass is 541 g/mol. The summed E-state index contributed by atoms with van der Waals surface area (Å²) in [5, 5.41) is 10.6. The van der Waals surface area contributed by atoms with E-state index in [2.05, 4.69) is 75.1 Å². The number of aromatic amines is 1. The van der Waals surface area contributed by atoms with E-state index in [9.17, 15) is 0 Å². The van der Waals surface area contributed by atoms with Gasteiger partial charge >= 0.3 is 0 Å². The maximum Gasteiger partial charge on any atom is 0.165 e. The van der Waals surface area contributed by atoms with Gasteiger partial charge in [0, 0.05) is 50.2 Å². The number of nitrogens with two attached hydrogens (primary N) is 1. The molecule has 4 aliphatic rings. The summed E-state index contributed by atoms with van der Waals surface area (Å²) in [6.45, 7) is 6.43. The molecule has 2 fully saturated rings. The summed E-state index contributed by atoms with van der Waals surface area (Å²) < 4.78 is 21.7. The minimum Gasteiger partial charge on any atom is -0.471 e. The molecule has 2 saturated heterocycles. The van der Waals surface area contributed by atoms with Crippen LogP contribution in [0.1, 0.15) is 42.8 Å². The molecule has 40 heavy (non-hydrogen) atoms. The molecule has 9 heteroatoms. The van der Waals surface area contributed by atoms with Crippen LogP contribution in [0.15, 0.2) is 72.6 Å². The van der Waals surface area contributed by atoms with Gasteiger partial charge in [-0.25, -0.2) is 4.39 Å². The van der Waals surface area contributed by atoms with Crippen LogP contribution in [-0.2, 0) is 6.42 Å². The number of aromatic nitrogens is 1. The minimum absolute atomic E-state index is 0.0868. The lowest BCUT2D eigenvalue weighted by atomic mass is 9.91. The third-order valence-electron chi connectivity index (χ3n) is 8.47. The van der Waals surface area contributed by atoms with E-state index in [0.717, 1.165) is 47.7 Å². The van der Waals surface area contributed by atoms with E-state index in [1.807, 2.05) is 24.4 Å². The van der Waals surface area contributed by atoms with Crippen molar-refractivity contribution in [2.75, 3.05) is 35.2 Å². The zero-order chi connectivity index (χ0) is 27.4. The number of benzene rings is 2. The van der Waals surface area contributed by atoms with Crippen molar-refractivity contribution in [3.63, 3.8) is 0 Å². The van der Waals surface area contributed by atoms with Crippen LogP contribution < -0.4 is 36.2 Å². The van der Waals surface area contributed by atoms with Crippen LogP contribution in [0.3, 0.4) is 0 Å². The third-order valence-corrected chi connectivity index (χ3v) is 8.47. The molecule has 0 bridgehead atoms. The number of allylic oxidation sites excluding steroid dienone is 2. The zero-order valence-corrected chi connectivity index (χ0v) is 22.8. The number of nitrogen functional groups attached to an aromatic ring is 1. The van der Waals surface area contributed by atoms with Crippen LogP contribution in [0.25, 0.3) is 0 Å². The van der Waals surface area contributed by atoms with Crippen molar-refractivity contribution >= 4 is 17.1 Å². The van der Waals surface area contributed by atoms with Crippen molar-refractivity contribution in [1.29, 1.82) is 0 Å². The lowest BCUT2D eigenvalue weighted by molar-refractivity contribution is 0.120. The van der Waals surface area contributed by atoms with Gasteiger partial charge in [-0.15, -0.1) is 0 Å². The molecule has 208 valence electrons. The number of anilines is 3. The second-order valence-electron chi connectivity index (χ2n) is 11.3. The number of piperazine rings is 1. The maximum absolute atomic E-state index is 15.7. The quantitative estimate of drug-likeness (QED) is 0.311. The van der Waals surface area contributed by atoms with Crippen LogP contribution in [-0.4, -0.2) is 43.1 Å². The Hall–Kier alpha value is -3.79. The second-order valence-corrected chi connectivity index (χ2v) is 11.3. The molecule has 0 saturated carbocycles. The Balaban J connectivity index is 1.27. The summed E-state index contributed by atoms with van der Waals surface area (Å²) in [4.78, 5) is 7.98. The fraction of sp³-hybridized carbons (Fsp3) is 0.355. The number of para-hydroxylation sites is 1. The number of hydrogen-bond donors (Lipinski definition) is 5. The summed E-state index contributed by atoms with van der Waals surface area (Å²) in [7, 11) is 0. The molecular formula is C31H36FN7O. The van der Waals surface area contributed by atoms with Gasteiger partial charge in [-0.2, -0.15) is 0 Å². The molecule has 6 N–H and O–H groups in total. The summed E-state index contributed by atoms with van der Waals surface area (Å²) in [5.41, 5.74) is 13.9. The molecule has 1 aromatic heterocycles. The fourth-order valence-electron chi connectivity index (χ4n) is 6.61. The fourth-order valence-corrected chi connectivity index (χ4v) is 6.61.